The van der Waals surface area contributed by atoms with Crippen LogP contribution in [0.25, 0.3) is 0 Å². The summed E-state index contributed by atoms with van der Waals surface area (Å²) in [5.41, 5.74) is 4.42. The first kappa shape index (κ1) is 14.2. The van der Waals surface area contributed by atoms with Crippen molar-refractivity contribution in [1.82, 2.24) is 4.31 Å². The summed E-state index contributed by atoms with van der Waals surface area (Å²) >= 11 is 0. The number of hydrogen-bond donors (Lipinski definition) is 2. The third-order valence-corrected chi connectivity index (χ3v) is 5.14. The molecule has 1 fully saturated rings. The fourth-order valence-corrected chi connectivity index (χ4v) is 4.09. The van der Waals surface area contributed by atoms with Crippen molar-refractivity contribution >= 4 is 15.7 Å². The molecular weight excluding hydrogens is 271 g/mol. The fourth-order valence-electron chi connectivity index (χ4n) is 2.33. The standard InChI is InChI=1S/C12H17FN2O3S/c1-2-6-12(16)7-15(8-12)19(17,18)11-9(13)4-3-5-10(11)14/h3-5,16H,2,6-8,14H2,1H3. The Bertz CT molecular complexity index is 562. The molecule has 0 radical (unpaired) electrons. The van der Waals surface area contributed by atoms with Crippen LogP contribution < -0.4 is 5.73 Å². The topological polar surface area (TPSA) is 83.6 Å². The van der Waals surface area contributed by atoms with Gasteiger partial charge in [0.25, 0.3) is 0 Å². The van der Waals surface area contributed by atoms with E-state index < -0.39 is 26.3 Å². The number of nitrogens with zero attached hydrogens (tertiary/aromatic N) is 1. The first-order valence-electron chi connectivity index (χ1n) is 6.07. The lowest BCUT2D eigenvalue weighted by Gasteiger charge is -2.45. The number of halogens is 1. The maximum absolute atomic E-state index is 13.7. The minimum absolute atomic E-state index is 0.0169. The van der Waals surface area contributed by atoms with E-state index in [1.807, 2.05) is 6.92 Å². The van der Waals surface area contributed by atoms with Crippen molar-refractivity contribution in [3.8, 4) is 0 Å². The van der Waals surface area contributed by atoms with Crippen molar-refractivity contribution in [3.05, 3.63) is 24.0 Å². The highest BCUT2D eigenvalue weighted by Gasteiger charge is 2.47. The van der Waals surface area contributed by atoms with Gasteiger partial charge in [-0.15, -0.1) is 0 Å². The van der Waals surface area contributed by atoms with Gasteiger partial charge in [-0.3, -0.25) is 0 Å². The van der Waals surface area contributed by atoms with E-state index in [9.17, 15) is 17.9 Å². The maximum atomic E-state index is 13.7. The van der Waals surface area contributed by atoms with Gasteiger partial charge in [0.15, 0.2) is 0 Å². The number of rotatable bonds is 4. The van der Waals surface area contributed by atoms with Gasteiger partial charge in [-0.2, -0.15) is 4.31 Å². The number of aliphatic hydroxyl groups is 1. The van der Waals surface area contributed by atoms with E-state index in [-0.39, 0.29) is 18.8 Å². The second kappa shape index (κ2) is 4.73. The highest BCUT2D eigenvalue weighted by molar-refractivity contribution is 7.89. The zero-order valence-corrected chi connectivity index (χ0v) is 11.5. The van der Waals surface area contributed by atoms with Gasteiger partial charge in [-0.05, 0) is 18.6 Å². The Morgan fingerprint density at radius 1 is 1.47 bits per heavy atom. The lowest BCUT2D eigenvalue weighted by molar-refractivity contribution is -0.0653. The molecular formula is C12H17FN2O3S. The minimum atomic E-state index is -3.98. The molecule has 1 aliphatic heterocycles. The Hall–Kier alpha value is -1.18. The van der Waals surface area contributed by atoms with Gasteiger partial charge >= 0.3 is 0 Å². The average molecular weight is 288 g/mol. The normalized spacial score (nSPS) is 19.1. The monoisotopic (exact) mass is 288 g/mol. The number of nitrogen functional groups attached to an aromatic ring is 1. The molecule has 0 spiro atoms. The molecule has 1 aromatic rings. The minimum Gasteiger partial charge on any atom is -0.398 e. The molecule has 1 saturated heterocycles. The summed E-state index contributed by atoms with van der Waals surface area (Å²) in [5, 5.41) is 10.00. The van der Waals surface area contributed by atoms with Crippen LogP contribution in [0.5, 0.6) is 0 Å². The Morgan fingerprint density at radius 2 is 2.11 bits per heavy atom. The van der Waals surface area contributed by atoms with Crippen LogP contribution in [0.2, 0.25) is 0 Å². The van der Waals surface area contributed by atoms with E-state index >= 15 is 0 Å². The summed E-state index contributed by atoms with van der Waals surface area (Å²) in [6, 6.07) is 3.75. The van der Waals surface area contributed by atoms with Gasteiger partial charge in [0.1, 0.15) is 10.7 Å². The number of benzene rings is 1. The molecule has 0 bridgehead atoms. The molecule has 19 heavy (non-hydrogen) atoms. The Kier molecular flexibility index (Phi) is 3.55. The molecule has 0 aliphatic carbocycles. The molecule has 0 unspecified atom stereocenters. The first-order valence-corrected chi connectivity index (χ1v) is 7.51. The lowest BCUT2D eigenvalue weighted by Crippen LogP contribution is -2.63. The van der Waals surface area contributed by atoms with Crippen molar-refractivity contribution in [2.24, 2.45) is 0 Å². The molecule has 1 heterocycles. The van der Waals surface area contributed by atoms with Crippen LogP contribution in [0, 0.1) is 5.82 Å². The van der Waals surface area contributed by atoms with Crippen LogP contribution in [-0.4, -0.2) is 36.5 Å². The quantitative estimate of drug-likeness (QED) is 0.808. The van der Waals surface area contributed by atoms with E-state index in [1.165, 1.54) is 12.1 Å². The third-order valence-electron chi connectivity index (χ3n) is 3.25. The predicted octanol–water partition coefficient (Wildman–Crippen LogP) is 0.943. The largest absolute Gasteiger partial charge is 0.398 e. The SMILES string of the molecule is CCCC1(O)CN(S(=O)(=O)c2c(N)cccc2F)C1. The van der Waals surface area contributed by atoms with Crippen molar-refractivity contribution in [1.29, 1.82) is 0 Å². The number of hydrogen-bond acceptors (Lipinski definition) is 4. The van der Waals surface area contributed by atoms with Gasteiger partial charge in [0.05, 0.1) is 11.3 Å². The zero-order chi connectivity index (χ0) is 14.3. The molecule has 0 atom stereocenters. The molecule has 2 rings (SSSR count). The van der Waals surface area contributed by atoms with Gasteiger partial charge < -0.3 is 10.8 Å². The number of nitrogens with two attached hydrogens (primary N) is 1. The number of anilines is 1. The highest BCUT2D eigenvalue weighted by atomic mass is 32.2. The van der Waals surface area contributed by atoms with E-state index in [2.05, 4.69) is 0 Å². The number of sulfonamides is 1. The van der Waals surface area contributed by atoms with Crippen LogP contribution >= 0.6 is 0 Å². The van der Waals surface area contributed by atoms with Crippen LogP contribution in [0.4, 0.5) is 10.1 Å². The molecule has 0 aromatic heterocycles. The molecule has 0 saturated carbocycles. The zero-order valence-electron chi connectivity index (χ0n) is 10.6. The summed E-state index contributed by atoms with van der Waals surface area (Å²) in [6.45, 7) is 1.87. The maximum Gasteiger partial charge on any atom is 0.248 e. The number of β-amino-alcohol motifs (C(OH)–C–C–N with tert-alkyl or cyclic N) is 1. The van der Waals surface area contributed by atoms with Gasteiger partial charge in [-0.1, -0.05) is 19.4 Å². The molecule has 3 N–H and O–H groups in total. The van der Waals surface area contributed by atoms with Crippen LogP contribution in [0.3, 0.4) is 0 Å². The first-order chi connectivity index (χ1) is 8.80. The van der Waals surface area contributed by atoms with Crippen molar-refractivity contribution < 1.29 is 17.9 Å². The second-order valence-electron chi connectivity index (χ2n) is 4.91. The molecule has 1 aliphatic rings. The van der Waals surface area contributed by atoms with Crippen LogP contribution in [0.15, 0.2) is 23.1 Å². The van der Waals surface area contributed by atoms with E-state index in [0.717, 1.165) is 16.8 Å². The third kappa shape index (κ3) is 2.45. The van der Waals surface area contributed by atoms with Crippen molar-refractivity contribution in [3.63, 3.8) is 0 Å². The van der Waals surface area contributed by atoms with E-state index in [0.29, 0.717) is 6.42 Å². The van der Waals surface area contributed by atoms with E-state index in [4.69, 9.17) is 5.73 Å². The summed E-state index contributed by atoms with van der Waals surface area (Å²) in [7, 11) is -3.98. The Morgan fingerprint density at radius 3 is 2.63 bits per heavy atom. The van der Waals surface area contributed by atoms with Crippen molar-refractivity contribution in [2.45, 2.75) is 30.3 Å². The van der Waals surface area contributed by atoms with Gasteiger partial charge in [0.2, 0.25) is 10.0 Å². The lowest BCUT2D eigenvalue weighted by atomic mass is 9.92. The molecule has 106 valence electrons. The summed E-state index contributed by atoms with van der Waals surface area (Å²) in [4.78, 5) is -0.506. The van der Waals surface area contributed by atoms with Gasteiger partial charge in [0, 0.05) is 13.1 Å². The highest BCUT2D eigenvalue weighted by Crippen LogP contribution is 2.34. The van der Waals surface area contributed by atoms with Crippen LogP contribution in [0.1, 0.15) is 19.8 Å². The summed E-state index contributed by atoms with van der Waals surface area (Å²) in [5.74, 6) is -0.870. The Balaban J connectivity index is 2.27. The molecule has 0 amide bonds. The fraction of sp³-hybridized carbons (Fsp3) is 0.500. The van der Waals surface area contributed by atoms with Gasteiger partial charge in [-0.25, -0.2) is 12.8 Å². The average Bonchev–Trinajstić information content (AvgIpc) is 2.25. The summed E-state index contributed by atoms with van der Waals surface area (Å²) < 4.78 is 39.2. The smallest absolute Gasteiger partial charge is 0.248 e. The predicted molar refractivity (Wildman–Crippen MR) is 69.4 cm³/mol. The molecule has 7 heteroatoms. The molecule has 1 aromatic carbocycles. The molecule has 5 nitrogen and oxygen atoms in total. The van der Waals surface area contributed by atoms with Crippen molar-refractivity contribution in [2.75, 3.05) is 18.8 Å². The second-order valence-corrected chi connectivity index (χ2v) is 6.78. The van der Waals surface area contributed by atoms with Crippen LogP contribution in [-0.2, 0) is 10.0 Å². The Labute approximate surface area is 111 Å². The van der Waals surface area contributed by atoms with E-state index in [1.54, 1.807) is 0 Å². The summed E-state index contributed by atoms with van der Waals surface area (Å²) in [6.07, 6.45) is 1.28.